The number of carbonyl (C=O) groups excluding carboxylic acids is 1. The maximum atomic E-state index is 13.8. The van der Waals surface area contributed by atoms with E-state index in [1.165, 1.54) is 16.8 Å². The third-order valence-corrected chi connectivity index (χ3v) is 6.69. The van der Waals surface area contributed by atoms with Crippen molar-refractivity contribution in [3.63, 3.8) is 0 Å². The van der Waals surface area contributed by atoms with Crippen LogP contribution in [0.5, 0.6) is 0 Å². The van der Waals surface area contributed by atoms with Crippen molar-refractivity contribution in [2.24, 2.45) is 7.05 Å². The van der Waals surface area contributed by atoms with Crippen LogP contribution in [0.3, 0.4) is 0 Å². The van der Waals surface area contributed by atoms with Crippen LogP contribution in [0.25, 0.3) is 22.3 Å². The Balaban J connectivity index is 1.46. The highest BCUT2D eigenvalue weighted by Gasteiger charge is 2.43. The average molecular weight is 409 g/mol. The third kappa shape index (κ3) is 2.78. The summed E-state index contributed by atoms with van der Waals surface area (Å²) in [5.74, 6) is 0.0402. The fourth-order valence-corrected chi connectivity index (χ4v) is 5.41. The van der Waals surface area contributed by atoms with Crippen LogP contribution in [-0.4, -0.2) is 36.6 Å². The summed E-state index contributed by atoms with van der Waals surface area (Å²) in [5.41, 5.74) is 6.76. The van der Waals surface area contributed by atoms with E-state index in [0.29, 0.717) is 11.1 Å². The van der Waals surface area contributed by atoms with Gasteiger partial charge < -0.3 is 4.90 Å². The van der Waals surface area contributed by atoms with Crippen LogP contribution in [0.1, 0.15) is 46.9 Å². The quantitative estimate of drug-likeness (QED) is 0.495. The summed E-state index contributed by atoms with van der Waals surface area (Å²) >= 11 is 0. The lowest BCUT2D eigenvalue weighted by atomic mass is 9.81. The van der Waals surface area contributed by atoms with E-state index in [1.807, 2.05) is 36.0 Å². The first-order valence-electron chi connectivity index (χ1n) is 10.9. The molecular formula is C25H23N5O. The van der Waals surface area contributed by atoms with Crippen LogP contribution < -0.4 is 0 Å². The minimum Gasteiger partial charge on any atom is -0.327 e. The van der Waals surface area contributed by atoms with Gasteiger partial charge in [-0.2, -0.15) is 5.10 Å². The Hall–Kier alpha value is -3.54. The van der Waals surface area contributed by atoms with E-state index in [2.05, 4.69) is 39.1 Å². The topological polar surface area (TPSA) is 63.9 Å². The number of nitrogens with zero attached hydrogens (tertiary/aromatic N) is 5. The first-order chi connectivity index (χ1) is 15.2. The Morgan fingerprint density at radius 3 is 2.71 bits per heavy atom. The molecule has 1 fully saturated rings. The van der Waals surface area contributed by atoms with Crippen molar-refractivity contribution in [2.75, 3.05) is 0 Å². The minimum absolute atomic E-state index is 0.00518. The molecule has 4 aromatic rings. The second-order valence-electron chi connectivity index (χ2n) is 8.45. The smallest absolute Gasteiger partial charge is 0.256 e. The molecule has 6 heteroatoms. The minimum atomic E-state index is 0.00518. The molecule has 6 nitrogen and oxygen atoms in total. The SMILES string of the molecule is Cn1nc2c(c1-c1ccccc1)CC1CCCC2N1C(=O)c1cccc2nccnc12. The zero-order chi connectivity index (χ0) is 20.9. The molecule has 1 amide bonds. The van der Waals surface area contributed by atoms with E-state index in [4.69, 9.17) is 5.10 Å². The Morgan fingerprint density at radius 1 is 1.00 bits per heavy atom. The summed E-state index contributed by atoms with van der Waals surface area (Å²) in [6.45, 7) is 0. The van der Waals surface area contributed by atoms with Gasteiger partial charge >= 0.3 is 0 Å². The number of benzene rings is 2. The predicted octanol–water partition coefficient (Wildman–Crippen LogP) is 4.32. The van der Waals surface area contributed by atoms with Crippen LogP contribution in [0.2, 0.25) is 0 Å². The number of para-hydroxylation sites is 1. The summed E-state index contributed by atoms with van der Waals surface area (Å²) in [6, 6.07) is 16.3. The Bertz CT molecular complexity index is 1290. The van der Waals surface area contributed by atoms with Gasteiger partial charge in [0.05, 0.1) is 28.5 Å². The number of piperidine rings is 1. The van der Waals surface area contributed by atoms with Crippen molar-refractivity contribution in [2.45, 2.75) is 37.8 Å². The second-order valence-corrected chi connectivity index (χ2v) is 8.45. The summed E-state index contributed by atoms with van der Waals surface area (Å²) in [7, 11) is 2.01. The molecule has 0 aliphatic carbocycles. The molecule has 6 rings (SSSR count). The number of aromatic nitrogens is 4. The van der Waals surface area contributed by atoms with Gasteiger partial charge in [-0.25, -0.2) is 0 Å². The number of aryl methyl sites for hydroxylation is 1. The van der Waals surface area contributed by atoms with E-state index >= 15 is 0 Å². The fourth-order valence-electron chi connectivity index (χ4n) is 5.41. The largest absolute Gasteiger partial charge is 0.327 e. The van der Waals surface area contributed by atoms with E-state index in [9.17, 15) is 4.79 Å². The summed E-state index contributed by atoms with van der Waals surface area (Å²) in [6.07, 6.45) is 7.23. The molecule has 2 aliphatic rings. The molecule has 154 valence electrons. The van der Waals surface area contributed by atoms with Crippen molar-refractivity contribution in [3.05, 3.63) is 77.7 Å². The number of rotatable bonds is 2. The number of amides is 1. The highest BCUT2D eigenvalue weighted by Crippen LogP contribution is 2.45. The molecule has 2 bridgehead atoms. The first-order valence-corrected chi connectivity index (χ1v) is 10.9. The Kier molecular flexibility index (Phi) is 4.13. The lowest BCUT2D eigenvalue weighted by Crippen LogP contribution is -2.50. The average Bonchev–Trinajstić information content (AvgIpc) is 3.14. The summed E-state index contributed by atoms with van der Waals surface area (Å²) in [4.78, 5) is 24.7. The molecule has 2 aliphatic heterocycles. The molecule has 0 N–H and O–H groups in total. The third-order valence-electron chi connectivity index (χ3n) is 6.69. The van der Waals surface area contributed by atoms with Crippen LogP contribution in [0.4, 0.5) is 0 Å². The van der Waals surface area contributed by atoms with Crippen molar-refractivity contribution < 1.29 is 4.79 Å². The zero-order valence-electron chi connectivity index (χ0n) is 17.4. The van der Waals surface area contributed by atoms with Gasteiger partial charge in [0.1, 0.15) is 5.52 Å². The molecule has 0 radical (unpaired) electrons. The standard InChI is InChI=1S/C25H23N5O/c1-29-24(16-7-3-2-4-8-16)19-15-17-9-5-12-21(23(19)28-29)30(17)25(31)18-10-6-11-20-22(18)27-14-13-26-20/h2-4,6-8,10-11,13-14,17,21H,5,9,12,15H2,1H3. The molecule has 2 aromatic heterocycles. The number of hydrogen-bond acceptors (Lipinski definition) is 4. The molecule has 0 saturated carbocycles. The lowest BCUT2D eigenvalue weighted by Gasteiger charge is -2.45. The van der Waals surface area contributed by atoms with Gasteiger partial charge in [0, 0.05) is 36.6 Å². The molecule has 2 atom stereocenters. The summed E-state index contributed by atoms with van der Waals surface area (Å²) < 4.78 is 1.99. The highest BCUT2D eigenvalue weighted by molar-refractivity contribution is 6.05. The lowest BCUT2D eigenvalue weighted by molar-refractivity contribution is 0.0393. The van der Waals surface area contributed by atoms with Gasteiger partial charge in [-0.05, 0) is 37.8 Å². The number of fused-ring (bicyclic) bond motifs is 5. The predicted molar refractivity (Wildman–Crippen MR) is 118 cm³/mol. The maximum absolute atomic E-state index is 13.8. The van der Waals surface area contributed by atoms with Crippen LogP contribution >= 0.6 is 0 Å². The van der Waals surface area contributed by atoms with Crippen molar-refractivity contribution in [1.82, 2.24) is 24.6 Å². The fraction of sp³-hybridized carbons (Fsp3) is 0.280. The zero-order valence-corrected chi connectivity index (χ0v) is 17.4. The van der Waals surface area contributed by atoms with Crippen LogP contribution in [0.15, 0.2) is 60.9 Å². The molecule has 1 saturated heterocycles. The van der Waals surface area contributed by atoms with Crippen LogP contribution in [0, 0.1) is 0 Å². The van der Waals surface area contributed by atoms with E-state index in [0.717, 1.165) is 36.9 Å². The molecular weight excluding hydrogens is 386 g/mol. The second kappa shape index (κ2) is 7.01. The molecule has 2 aromatic carbocycles. The van der Waals surface area contributed by atoms with Crippen molar-refractivity contribution in [1.29, 1.82) is 0 Å². The molecule has 31 heavy (non-hydrogen) atoms. The highest BCUT2D eigenvalue weighted by atomic mass is 16.2. The van der Waals surface area contributed by atoms with Crippen molar-refractivity contribution in [3.8, 4) is 11.3 Å². The summed E-state index contributed by atoms with van der Waals surface area (Å²) in [5, 5.41) is 4.93. The monoisotopic (exact) mass is 409 g/mol. The van der Waals surface area contributed by atoms with E-state index in [-0.39, 0.29) is 18.0 Å². The maximum Gasteiger partial charge on any atom is 0.256 e. The van der Waals surface area contributed by atoms with Gasteiger partial charge in [0.2, 0.25) is 0 Å². The first kappa shape index (κ1) is 18.2. The number of carbonyl (C=O) groups is 1. The van der Waals surface area contributed by atoms with Gasteiger partial charge in [0.15, 0.2) is 0 Å². The van der Waals surface area contributed by atoms with Gasteiger partial charge in [-0.15, -0.1) is 0 Å². The van der Waals surface area contributed by atoms with E-state index in [1.54, 1.807) is 12.4 Å². The van der Waals surface area contributed by atoms with Gasteiger partial charge in [-0.3, -0.25) is 19.4 Å². The van der Waals surface area contributed by atoms with Gasteiger partial charge in [0.25, 0.3) is 5.91 Å². The number of hydrogen-bond donors (Lipinski definition) is 0. The molecule has 4 heterocycles. The molecule has 2 unspecified atom stereocenters. The van der Waals surface area contributed by atoms with Gasteiger partial charge in [-0.1, -0.05) is 36.4 Å². The molecule has 0 spiro atoms. The van der Waals surface area contributed by atoms with Crippen LogP contribution in [-0.2, 0) is 13.5 Å². The Morgan fingerprint density at radius 2 is 1.84 bits per heavy atom. The Labute approximate surface area is 180 Å². The van der Waals surface area contributed by atoms with E-state index < -0.39 is 0 Å². The normalized spacial score (nSPS) is 20.0. The van der Waals surface area contributed by atoms with Crippen molar-refractivity contribution >= 4 is 16.9 Å².